The van der Waals surface area contributed by atoms with Crippen molar-refractivity contribution >= 4 is 22.9 Å². The minimum Gasteiger partial charge on any atom is -0.465 e. The highest BCUT2D eigenvalue weighted by atomic mass is 16.4. The van der Waals surface area contributed by atoms with Crippen LogP contribution in [0.1, 0.15) is 0 Å². The number of hydrogen-bond donors (Lipinski definition) is 2. The second-order valence-electron chi connectivity index (χ2n) is 4.28. The number of aromatic nitrogens is 4. The van der Waals surface area contributed by atoms with Gasteiger partial charge in [0.2, 0.25) is 0 Å². The topological polar surface area (TPSA) is 95.0 Å². The van der Waals surface area contributed by atoms with Gasteiger partial charge < -0.3 is 5.11 Å². The van der Waals surface area contributed by atoms with Gasteiger partial charge in [0.15, 0.2) is 5.65 Å². The number of nitrogens with zero attached hydrogens (tertiary/aromatic N) is 4. The van der Waals surface area contributed by atoms with Crippen LogP contribution in [0.2, 0.25) is 0 Å². The molecule has 0 fully saturated rings. The molecule has 3 aromatic heterocycles. The van der Waals surface area contributed by atoms with E-state index in [1.807, 2.05) is 12.1 Å². The summed E-state index contributed by atoms with van der Waals surface area (Å²) in [5, 5.41) is 16.6. The van der Waals surface area contributed by atoms with Crippen LogP contribution in [0.15, 0.2) is 36.8 Å². The summed E-state index contributed by atoms with van der Waals surface area (Å²) in [6.07, 6.45) is 3.92. The molecule has 3 heterocycles. The fourth-order valence-corrected chi connectivity index (χ4v) is 1.87. The number of hydrogen-bond acceptors (Lipinski definition) is 4. The number of nitrogens with one attached hydrogen (secondary N) is 1. The molecule has 2 N–H and O–H groups in total. The zero-order valence-electron chi connectivity index (χ0n) is 10.6. The predicted molar refractivity (Wildman–Crippen MR) is 73.5 cm³/mol. The first kappa shape index (κ1) is 12.1. The van der Waals surface area contributed by atoms with Crippen molar-refractivity contribution in [1.29, 1.82) is 0 Å². The van der Waals surface area contributed by atoms with Crippen LogP contribution in [-0.4, -0.2) is 38.4 Å². The number of pyridine rings is 2. The monoisotopic (exact) mass is 269 g/mol. The van der Waals surface area contributed by atoms with Crippen molar-refractivity contribution in [3.05, 3.63) is 36.8 Å². The lowest BCUT2D eigenvalue weighted by molar-refractivity contribution is 0.203. The van der Waals surface area contributed by atoms with Crippen LogP contribution in [0.3, 0.4) is 0 Å². The van der Waals surface area contributed by atoms with Gasteiger partial charge in [0.25, 0.3) is 0 Å². The number of rotatable bonds is 2. The van der Waals surface area contributed by atoms with Gasteiger partial charge in [-0.25, -0.2) is 14.8 Å². The summed E-state index contributed by atoms with van der Waals surface area (Å²) in [7, 11) is 1.45. The Hall–Kier alpha value is -2.96. The quantitative estimate of drug-likeness (QED) is 0.743. The largest absolute Gasteiger partial charge is 0.465 e. The summed E-state index contributed by atoms with van der Waals surface area (Å²) in [5.41, 5.74) is 2.44. The molecule has 7 nitrogen and oxygen atoms in total. The lowest BCUT2D eigenvalue weighted by atomic mass is 10.1. The Balaban J connectivity index is 2.05. The number of carboxylic acid groups (broad SMARTS) is 1. The van der Waals surface area contributed by atoms with Crippen molar-refractivity contribution in [1.82, 2.24) is 20.2 Å². The first-order valence-corrected chi connectivity index (χ1v) is 5.87. The maximum atomic E-state index is 10.9. The minimum atomic E-state index is -1.06. The summed E-state index contributed by atoms with van der Waals surface area (Å²) in [4.78, 5) is 20.3. The zero-order chi connectivity index (χ0) is 14.1. The number of carbonyl (C=O) groups is 1. The molecule has 3 rings (SSSR count). The first-order valence-electron chi connectivity index (χ1n) is 5.87. The van der Waals surface area contributed by atoms with E-state index in [0.29, 0.717) is 11.5 Å². The molecule has 0 aliphatic heterocycles. The molecule has 0 saturated carbocycles. The van der Waals surface area contributed by atoms with E-state index in [1.54, 1.807) is 24.7 Å². The summed E-state index contributed by atoms with van der Waals surface area (Å²) in [6, 6.07) is 5.45. The highest BCUT2D eigenvalue weighted by molar-refractivity contribution is 5.86. The second kappa shape index (κ2) is 4.61. The van der Waals surface area contributed by atoms with E-state index < -0.39 is 6.09 Å². The van der Waals surface area contributed by atoms with E-state index in [2.05, 4.69) is 20.2 Å². The zero-order valence-corrected chi connectivity index (χ0v) is 10.6. The number of aromatic amines is 1. The SMILES string of the molecule is CN(C(=O)O)c1cc(-c2cnc3[nH]ncc3c2)ccn1. The lowest BCUT2D eigenvalue weighted by Crippen LogP contribution is -2.24. The molecule has 1 amide bonds. The number of fused-ring (bicyclic) bond motifs is 1. The third kappa shape index (κ3) is 2.05. The molecular formula is C13H11N5O2. The van der Waals surface area contributed by atoms with Gasteiger partial charge >= 0.3 is 6.09 Å². The lowest BCUT2D eigenvalue weighted by Gasteiger charge is -2.12. The van der Waals surface area contributed by atoms with E-state index in [-0.39, 0.29) is 0 Å². The van der Waals surface area contributed by atoms with E-state index in [4.69, 9.17) is 5.11 Å². The van der Waals surface area contributed by atoms with Gasteiger partial charge in [0.05, 0.1) is 6.20 Å². The fraction of sp³-hybridized carbons (Fsp3) is 0.0769. The molecule has 7 heteroatoms. The Morgan fingerprint density at radius 2 is 2.10 bits per heavy atom. The average Bonchev–Trinajstić information content (AvgIpc) is 2.93. The van der Waals surface area contributed by atoms with Crippen LogP contribution >= 0.6 is 0 Å². The maximum absolute atomic E-state index is 10.9. The van der Waals surface area contributed by atoms with Crippen molar-refractivity contribution in [2.45, 2.75) is 0 Å². The van der Waals surface area contributed by atoms with E-state index >= 15 is 0 Å². The van der Waals surface area contributed by atoms with Crippen molar-refractivity contribution in [3.8, 4) is 11.1 Å². The van der Waals surface area contributed by atoms with Crippen LogP contribution in [0, 0.1) is 0 Å². The van der Waals surface area contributed by atoms with Crippen molar-refractivity contribution in [2.75, 3.05) is 11.9 Å². The van der Waals surface area contributed by atoms with Crippen LogP contribution in [0.25, 0.3) is 22.2 Å². The molecule has 0 aliphatic carbocycles. The molecule has 0 aromatic carbocycles. The van der Waals surface area contributed by atoms with Crippen molar-refractivity contribution in [3.63, 3.8) is 0 Å². The van der Waals surface area contributed by atoms with Crippen molar-refractivity contribution < 1.29 is 9.90 Å². The smallest absolute Gasteiger partial charge is 0.412 e. The van der Waals surface area contributed by atoms with Crippen LogP contribution in [-0.2, 0) is 0 Å². The molecule has 0 spiro atoms. The molecule has 20 heavy (non-hydrogen) atoms. The summed E-state index contributed by atoms with van der Waals surface area (Å²) >= 11 is 0. The van der Waals surface area contributed by atoms with Gasteiger partial charge in [-0.2, -0.15) is 5.10 Å². The molecule has 0 saturated heterocycles. The van der Waals surface area contributed by atoms with E-state index in [9.17, 15) is 4.79 Å². The van der Waals surface area contributed by atoms with Gasteiger partial charge in [-0.15, -0.1) is 0 Å². The Morgan fingerprint density at radius 1 is 1.25 bits per heavy atom. The molecule has 3 aromatic rings. The molecule has 0 unspecified atom stereocenters. The van der Waals surface area contributed by atoms with Gasteiger partial charge in [0, 0.05) is 30.4 Å². The van der Waals surface area contributed by atoms with Crippen LogP contribution in [0.4, 0.5) is 10.6 Å². The minimum absolute atomic E-state index is 0.363. The summed E-state index contributed by atoms with van der Waals surface area (Å²) in [6.45, 7) is 0. The Kier molecular flexibility index (Phi) is 2.79. The van der Waals surface area contributed by atoms with Crippen LogP contribution in [0.5, 0.6) is 0 Å². The van der Waals surface area contributed by atoms with E-state index in [1.165, 1.54) is 7.05 Å². The number of H-pyrrole nitrogens is 1. The average molecular weight is 269 g/mol. The molecule has 0 bridgehead atoms. The highest BCUT2D eigenvalue weighted by Crippen LogP contribution is 2.24. The van der Waals surface area contributed by atoms with Crippen LogP contribution < -0.4 is 4.90 Å². The third-order valence-corrected chi connectivity index (χ3v) is 3.00. The predicted octanol–water partition coefficient (Wildman–Crippen LogP) is 2.13. The molecule has 100 valence electrons. The van der Waals surface area contributed by atoms with Gasteiger partial charge in [-0.1, -0.05) is 0 Å². The summed E-state index contributed by atoms with van der Waals surface area (Å²) in [5.74, 6) is 0.363. The highest BCUT2D eigenvalue weighted by Gasteiger charge is 2.11. The maximum Gasteiger partial charge on any atom is 0.412 e. The molecule has 0 atom stereocenters. The molecule has 0 aliphatic rings. The summed E-state index contributed by atoms with van der Waals surface area (Å²) < 4.78 is 0. The first-order chi connectivity index (χ1) is 9.65. The normalized spacial score (nSPS) is 10.7. The third-order valence-electron chi connectivity index (χ3n) is 3.00. The second-order valence-corrected chi connectivity index (χ2v) is 4.28. The Bertz CT molecular complexity index is 783. The van der Waals surface area contributed by atoms with Crippen molar-refractivity contribution in [2.24, 2.45) is 0 Å². The van der Waals surface area contributed by atoms with Gasteiger partial charge in [0.1, 0.15) is 5.82 Å². The molecular weight excluding hydrogens is 258 g/mol. The standard InChI is InChI=1S/C13H11N5O2/c1-18(13(19)20)11-5-8(2-3-14-11)9-4-10-7-16-17-12(10)15-6-9/h2-7H,1H3,(H,19,20)(H,15,16,17). The Labute approximate surface area is 113 Å². The molecule has 0 radical (unpaired) electrons. The van der Waals surface area contributed by atoms with Gasteiger partial charge in [-0.05, 0) is 23.8 Å². The van der Waals surface area contributed by atoms with Gasteiger partial charge in [-0.3, -0.25) is 10.00 Å². The number of amides is 1. The Morgan fingerprint density at radius 3 is 2.90 bits per heavy atom. The number of anilines is 1. The fourth-order valence-electron chi connectivity index (χ4n) is 1.87. The van der Waals surface area contributed by atoms with E-state index in [0.717, 1.165) is 21.4 Å².